The first-order valence-corrected chi connectivity index (χ1v) is 6.46. The summed E-state index contributed by atoms with van der Waals surface area (Å²) in [6.07, 6.45) is 1.28. The number of hydrogen-bond acceptors (Lipinski definition) is 2. The van der Waals surface area contributed by atoms with Crippen molar-refractivity contribution < 1.29 is 14.3 Å². The Morgan fingerprint density at radius 3 is 2.63 bits per heavy atom. The van der Waals surface area contributed by atoms with E-state index in [4.69, 9.17) is 0 Å². The van der Waals surface area contributed by atoms with E-state index in [2.05, 4.69) is 26.1 Å². The lowest BCUT2D eigenvalue weighted by Gasteiger charge is -2.22. The highest BCUT2D eigenvalue weighted by Crippen LogP contribution is 2.28. The van der Waals surface area contributed by atoms with Crippen LogP contribution in [0.4, 0.5) is 10.1 Å². The van der Waals surface area contributed by atoms with E-state index in [9.17, 15) is 14.3 Å². The molecule has 0 aromatic heterocycles. The van der Waals surface area contributed by atoms with Crippen LogP contribution in [0.5, 0.6) is 5.75 Å². The van der Waals surface area contributed by atoms with Crippen LogP contribution >= 0.6 is 0 Å². The van der Waals surface area contributed by atoms with E-state index >= 15 is 0 Å². The molecule has 0 aliphatic rings. The van der Waals surface area contributed by atoms with Crippen molar-refractivity contribution in [1.29, 1.82) is 0 Å². The Labute approximate surface area is 113 Å². The molecule has 0 radical (unpaired) electrons. The molecule has 0 heterocycles. The molecule has 106 valence electrons. The summed E-state index contributed by atoms with van der Waals surface area (Å²) in [4.78, 5) is 11.8. The molecular formula is C15H22FNO2. The lowest BCUT2D eigenvalue weighted by Crippen LogP contribution is -2.19. The van der Waals surface area contributed by atoms with Crippen LogP contribution in [0.15, 0.2) is 18.2 Å². The number of benzene rings is 1. The van der Waals surface area contributed by atoms with Crippen LogP contribution in [0.1, 0.15) is 40.5 Å². The van der Waals surface area contributed by atoms with Crippen LogP contribution in [-0.4, -0.2) is 11.0 Å². The molecule has 1 aromatic carbocycles. The topological polar surface area (TPSA) is 49.3 Å². The monoisotopic (exact) mass is 267 g/mol. The molecular weight excluding hydrogens is 245 g/mol. The summed E-state index contributed by atoms with van der Waals surface area (Å²) < 4.78 is 13.1. The van der Waals surface area contributed by atoms with Gasteiger partial charge in [-0.1, -0.05) is 33.8 Å². The minimum Gasteiger partial charge on any atom is -0.503 e. The van der Waals surface area contributed by atoms with Crippen LogP contribution in [0.25, 0.3) is 0 Å². The SMILES string of the molecule is CC(CC(=O)Nc1cccc(F)c1O)CC(C)(C)C. The molecule has 0 saturated carbocycles. The Balaban J connectivity index is 2.58. The quantitative estimate of drug-likeness (QED) is 0.812. The number of hydrogen-bond donors (Lipinski definition) is 2. The smallest absolute Gasteiger partial charge is 0.224 e. The standard InChI is InChI=1S/C15H22FNO2/c1-10(9-15(2,3)4)8-13(18)17-12-7-5-6-11(16)14(12)19/h5-7,10,19H,8-9H2,1-4H3,(H,17,18). The molecule has 1 rings (SSSR count). The van der Waals surface area contributed by atoms with Gasteiger partial charge in [0.15, 0.2) is 11.6 Å². The Kier molecular flexibility index (Phi) is 4.92. The van der Waals surface area contributed by atoms with Crippen LogP contribution in [0, 0.1) is 17.2 Å². The lowest BCUT2D eigenvalue weighted by atomic mass is 9.84. The van der Waals surface area contributed by atoms with E-state index in [0.717, 1.165) is 12.5 Å². The average Bonchev–Trinajstić information content (AvgIpc) is 2.21. The van der Waals surface area contributed by atoms with E-state index in [1.807, 2.05) is 6.92 Å². The number of para-hydroxylation sites is 1. The van der Waals surface area contributed by atoms with Gasteiger partial charge in [-0.15, -0.1) is 0 Å². The normalized spacial score (nSPS) is 13.1. The summed E-state index contributed by atoms with van der Waals surface area (Å²) in [5.41, 5.74) is 0.286. The van der Waals surface area contributed by atoms with Gasteiger partial charge in [-0.3, -0.25) is 4.79 Å². The summed E-state index contributed by atoms with van der Waals surface area (Å²) in [5.74, 6) is -1.23. The van der Waals surface area contributed by atoms with Crippen molar-refractivity contribution in [2.24, 2.45) is 11.3 Å². The van der Waals surface area contributed by atoms with Gasteiger partial charge in [-0.2, -0.15) is 0 Å². The van der Waals surface area contributed by atoms with Gasteiger partial charge in [0.2, 0.25) is 5.91 Å². The summed E-state index contributed by atoms with van der Waals surface area (Å²) in [7, 11) is 0. The molecule has 4 heteroatoms. The molecule has 2 N–H and O–H groups in total. The van der Waals surface area contributed by atoms with E-state index in [-0.39, 0.29) is 22.9 Å². The third kappa shape index (κ3) is 5.28. The second-order valence-electron chi connectivity index (χ2n) is 6.26. The fourth-order valence-electron chi connectivity index (χ4n) is 2.25. The second-order valence-corrected chi connectivity index (χ2v) is 6.26. The maximum Gasteiger partial charge on any atom is 0.224 e. The summed E-state index contributed by atoms with van der Waals surface area (Å²) >= 11 is 0. The molecule has 0 bridgehead atoms. The van der Waals surface area contributed by atoms with Gasteiger partial charge in [0.05, 0.1) is 5.69 Å². The predicted octanol–water partition coefficient (Wildman–Crippen LogP) is 3.93. The Hall–Kier alpha value is -1.58. The molecule has 0 spiro atoms. The highest BCUT2D eigenvalue weighted by atomic mass is 19.1. The zero-order valence-corrected chi connectivity index (χ0v) is 12.0. The Morgan fingerprint density at radius 1 is 1.42 bits per heavy atom. The highest BCUT2D eigenvalue weighted by Gasteiger charge is 2.18. The lowest BCUT2D eigenvalue weighted by molar-refractivity contribution is -0.117. The Bertz CT molecular complexity index is 452. The Morgan fingerprint density at radius 2 is 2.05 bits per heavy atom. The van der Waals surface area contributed by atoms with Crippen molar-refractivity contribution in [3.05, 3.63) is 24.0 Å². The number of nitrogens with one attached hydrogen (secondary N) is 1. The number of amides is 1. The van der Waals surface area contributed by atoms with Crippen LogP contribution in [0.2, 0.25) is 0 Å². The molecule has 1 amide bonds. The maximum atomic E-state index is 13.1. The highest BCUT2D eigenvalue weighted by molar-refractivity contribution is 5.92. The second kappa shape index (κ2) is 6.04. The number of aromatic hydroxyl groups is 1. The fourth-order valence-corrected chi connectivity index (χ4v) is 2.25. The number of rotatable bonds is 4. The van der Waals surface area contributed by atoms with Crippen molar-refractivity contribution >= 4 is 11.6 Å². The van der Waals surface area contributed by atoms with Crippen molar-refractivity contribution in [3.8, 4) is 5.75 Å². The zero-order chi connectivity index (χ0) is 14.6. The molecule has 0 aliphatic heterocycles. The third-order valence-corrected chi connectivity index (χ3v) is 2.76. The van der Waals surface area contributed by atoms with Gasteiger partial charge in [0.25, 0.3) is 0 Å². The zero-order valence-electron chi connectivity index (χ0n) is 12.0. The first-order chi connectivity index (χ1) is 8.69. The number of phenolic OH excluding ortho intramolecular Hbond substituents is 1. The largest absolute Gasteiger partial charge is 0.503 e. The molecule has 0 fully saturated rings. The van der Waals surface area contributed by atoms with Crippen molar-refractivity contribution in [1.82, 2.24) is 0 Å². The van der Waals surface area contributed by atoms with Crippen molar-refractivity contribution in [2.45, 2.75) is 40.5 Å². The van der Waals surface area contributed by atoms with Crippen LogP contribution < -0.4 is 5.32 Å². The summed E-state index contributed by atoms with van der Waals surface area (Å²) in [6, 6.07) is 4.07. The number of anilines is 1. The van der Waals surface area contributed by atoms with Gasteiger partial charge in [-0.05, 0) is 29.9 Å². The average molecular weight is 267 g/mol. The molecule has 0 saturated heterocycles. The molecule has 1 atom stereocenters. The summed E-state index contributed by atoms with van der Waals surface area (Å²) in [6.45, 7) is 8.38. The summed E-state index contributed by atoms with van der Waals surface area (Å²) in [5, 5.41) is 12.0. The molecule has 1 aromatic rings. The number of halogens is 1. The molecule has 19 heavy (non-hydrogen) atoms. The van der Waals surface area contributed by atoms with Crippen molar-refractivity contribution in [2.75, 3.05) is 5.32 Å². The van der Waals surface area contributed by atoms with Gasteiger partial charge in [0.1, 0.15) is 0 Å². The molecule has 3 nitrogen and oxygen atoms in total. The van der Waals surface area contributed by atoms with Gasteiger partial charge >= 0.3 is 0 Å². The van der Waals surface area contributed by atoms with Crippen molar-refractivity contribution in [3.63, 3.8) is 0 Å². The first kappa shape index (κ1) is 15.5. The minimum absolute atomic E-state index is 0.118. The van der Waals surface area contributed by atoms with Gasteiger partial charge in [0, 0.05) is 6.42 Å². The van der Waals surface area contributed by atoms with E-state index in [1.165, 1.54) is 12.1 Å². The minimum atomic E-state index is -0.736. The number of carbonyl (C=O) groups excluding carboxylic acids is 1. The predicted molar refractivity (Wildman–Crippen MR) is 74.5 cm³/mol. The third-order valence-electron chi connectivity index (χ3n) is 2.76. The van der Waals surface area contributed by atoms with E-state index < -0.39 is 11.6 Å². The van der Waals surface area contributed by atoms with Gasteiger partial charge < -0.3 is 10.4 Å². The molecule has 0 aliphatic carbocycles. The van der Waals surface area contributed by atoms with E-state index in [1.54, 1.807) is 0 Å². The fraction of sp³-hybridized carbons (Fsp3) is 0.533. The van der Waals surface area contributed by atoms with Crippen LogP contribution in [0.3, 0.4) is 0 Å². The first-order valence-electron chi connectivity index (χ1n) is 6.46. The van der Waals surface area contributed by atoms with Gasteiger partial charge in [-0.25, -0.2) is 4.39 Å². The van der Waals surface area contributed by atoms with Crippen LogP contribution in [-0.2, 0) is 4.79 Å². The van der Waals surface area contributed by atoms with E-state index in [0.29, 0.717) is 6.42 Å². The number of carbonyl (C=O) groups is 1. The molecule has 1 unspecified atom stereocenters. The maximum absolute atomic E-state index is 13.1. The number of phenols is 1.